The van der Waals surface area contributed by atoms with Crippen molar-refractivity contribution >= 4 is 0 Å². The summed E-state index contributed by atoms with van der Waals surface area (Å²) < 4.78 is 0. The number of rotatable bonds is 3. The van der Waals surface area contributed by atoms with E-state index in [1.807, 2.05) is 0 Å². The number of hydrogen-bond donors (Lipinski definition) is 1. The Morgan fingerprint density at radius 3 is 2.45 bits per heavy atom. The molecule has 1 aliphatic heterocycles. The van der Waals surface area contributed by atoms with Gasteiger partial charge in [0.05, 0.1) is 0 Å². The molecule has 0 aromatic heterocycles. The van der Waals surface area contributed by atoms with E-state index in [0.29, 0.717) is 0 Å². The first kappa shape index (κ1) is 14.1. The van der Waals surface area contributed by atoms with E-state index in [-0.39, 0.29) is 5.54 Å². The van der Waals surface area contributed by atoms with E-state index in [9.17, 15) is 0 Å². The molecule has 3 rings (SSSR count). The number of benzene rings is 1. The molecule has 20 heavy (non-hydrogen) atoms. The molecule has 0 radical (unpaired) electrons. The van der Waals surface area contributed by atoms with Crippen molar-refractivity contribution in [3.8, 4) is 0 Å². The summed E-state index contributed by atoms with van der Waals surface area (Å²) in [5, 5.41) is 3.73. The van der Waals surface area contributed by atoms with Crippen molar-refractivity contribution < 1.29 is 0 Å². The van der Waals surface area contributed by atoms with E-state index >= 15 is 0 Å². The Labute approximate surface area is 123 Å². The van der Waals surface area contributed by atoms with E-state index < -0.39 is 0 Å². The predicted molar refractivity (Wildman–Crippen MR) is 84.9 cm³/mol. The smallest absolute Gasteiger partial charge is 0.0253 e. The standard InChI is InChI=1S/C18H28N2/c1-13-6-5-7-14(2)16(13)11-20-12-18(3,4)19-10-17(20)15-8-9-15/h5-7,15,17,19H,8-12H2,1-4H3. The van der Waals surface area contributed by atoms with Crippen LogP contribution in [0.5, 0.6) is 0 Å². The third kappa shape index (κ3) is 2.91. The summed E-state index contributed by atoms with van der Waals surface area (Å²) >= 11 is 0. The Hall–Kier alpha value is -0.860. The van der Waals surface area contributed by atoms with Gasteiger partial charge in [-0.15, -0.1) is 0 Å². The zero-order chi connectivity index (χ0) is 14.3. The highest BCUT2D eigenvalue weighted by Crippen LogP contribution is 2.38. The second-order valence-electron chi connectivity index (χ2n) is 7.44. The highest BCUT2D eigenvalue weighted by atomic mass is 15.3. The molecule has 1 unspecified atom stereocenters. The fraction of sp³-hybridized carbons (Fsp3) is 0.667. The summed E-state index contributed by atoms with van der Waals surface area (Å²) in [5.41, 5.74) is 4.66. The van der Waals surface area contributed by atoms with Gasteiger partial charge in [0.15, 0.2) is 0 Å². The first-order chi connectivity index (χ1) is 9.46. The van der Waals surface area contributed by atoms with Crippen LogP contribution in [-0.4, -0.2) is 29.6 Å². The molecular formula is C18H28N2. The predicted octanol–water partition coefficient (Wildman–Crippen LogP) is 3.27. The molecule has 2 fully saturated rings. The van der Waals surface area contributed by atoms with Gasteiger partial charge in [-0.3, -0.25) is 4.90 Å². The van der Waals surface area contributed by atoms with Gasteiger partial charge in [0.2, 0.25) is 0 Å². The van der Waals surface area contributed by atoms with Crippen LogP contribution in [0.25, 0.3) is 0 Å². The van der Waals surface area contributed by atoms with Crippen molar-refractivity contribution in [1.82, 2.24) is 10.2 Å². The van der Waals surface area contributed by atoms with Gasteiger partial charge in [0.25, 0.3) is 0 Å². The normalized spacial score (nSPS) is 26.7. The van der Waals surface area contributed by atoms with Crippen LogP contribution in [0.4, 0.5) is 0 Å². The molecule has 0 amide bonds. The number of aryl methyl sites for hydroxylation is 2. The molecule has 1 saturated heterocycles. The van der Waals surface area contributed by atoms with Gasteiger partial charge in [-0.25, -0.2) is 0 Å². The van der Waals surface area contributed by atoms with Gasteiger partial charge in [-0.1, -0.05) is 18.2 Å². The maximum atomic E-state index is 3.73. The van der Waals surface area contributed by atoms with Gasteiger partial charge >= 0.3 is 0 Å². The molecule has 1 heterocycles. The molecule has 1 N–H and O–H groups in total. The molecule has 1 atom stereocenters. The molecule has 1 aromatic rings. The van der Waals surface area contributed by atoms with Crippen molar-refractivity contribution in [2.45, 2.75) is 58.7 Å². The zero-order valence-corrected chi connectivity index (χ0v) is 13.4. The van der Waals surface area contributed by atoms with E-state index in [0.717, 1.165) is 31.6 Å². The van der Waals surface area contributed by atoms with Crippen molar-refractivity contribution in [3.05, 3.63) is 34.9 Å². The van der Waals surface area contributed by atoms with Crippen LogP contribution >= 0.6 is 0 Å². The van der Waals surface area contributed by atoms with Crippen LogP contribution in [0.1, 0.15) is 43.4 Å². The molecule has 2 heteroatoms. The van der Waals surface area contributed by atoms with Crippen LogP contribution in [0.3, 0.4) is 0 Å². The quantitative estimate of drug-likeness (QED) is 0.908. The Morgan fingerprint density at radius 2 is 1.85 bits per heavy atom. The summed E-state index contributed by atoms with van der Waals surface area (Å²) in [4.78, 5) is 2.74. The van der Waals surface area contributed by atoms with Crippen molar-refractivity contribution in [2.75, 3.05) is 13.1 Å². The van der Waals surface area contributed by atoms with Crippen molar-refractivity contribution in [1.29, 1.82) is 0 Å². The first-order valence-electron chi connectivity index (χ1n) is 8.00. The summed E-state index contributed by atoms with van der Waals surface area (Å²) in [6.07, 6.45) is 2.85. The van der Waals surface area contributed by atoms with Crippen LogP contribution in [-0.2, 0) is 6.54 Å². The highest BCUT2D eigenvalue weighted by molar-refractivity contribution is 5.33. The first-order valence-corrected chi connectivity index (χ1v) is 8.00. The minimum Gasteiger partial charge on any atom is -0.309 e. The van der Waals surface area contributed by atoms with E-state index in [1.54, 1.807) is 0 Å². The second kappa shape index (κ2) is 5.16. The van der Waals surface area contributed by atoms with Crippen molar-refractivity contribution in [2.24, 2.45) is 5.92 Å². The third-order valence-corrected chi connectivity index (χ3v) is 5.03. The summed E-state index contributed by atoms with van der Waals surface area (Å²) in [6, 6.07) is 7.42. The van der Waals surface area contributed by atoms with Crippen molar-refractivity contribution in [3.63, 3.8) is 0 Å². The molecule has 0 bridgehead atoms. The lowest BCUT2D eigenvalue weighted by Gasteiger charge is -2.45. The van der Waals surface area contributed by atoms with Gasteiger partial charge in [-0.2, -0.15) is 0 Å². The average molecular weight is 272 g/mol. The lowest BCUT2D eigenvalue weighted by atomic mass is 9.94. The van der Waals surface area contributed by atoms with Crippen LogP contribution in [0.15, 0.2) is 18.2 Å². The third-order valence-electron chi connectivity index (χ3n) is 5.03. The van der Waals surface area contributed by atoms with Crippen LogP contribution < -0.4 is 5.32 Å². The number of hydrogen-bond acceptors (Lipinski definition) is 2. The zero-order valence-electron chi connectivity index (χ0n) is 13.4. The maximum absolute atomic E-state index is 3.73. The average Bonchev–Trinajstić information content (AvgIpc) is 3.17. The minimum absolute atomic E-state index is 0.238. The molecule has 2 nitrogen and oxygen atoms in total. The van der Waals surface area contributed by atoms with E-state index in [1.165, 1.54) is 29.5 Å². The lowest BCUT2D eigenvalue weighted by Crippen LogP contribution is -2.61. The largest absolute Gasteiger partial charge is 0.309 e. The van der Waals surface area contributed by atoms with Gasteiger partial charge < -0.3 is 5.32 Å². The van der Waals surface area contributed by atoms with Crippen LogP contribution in [0, 0.1) is 19.8 Å². The van der Waals surface area contributed by atoms with Gasteiger partial charge in [0.1, 0.15) is 0 Å². The SMILES string of the molecule is Cc1cccc(C)c1CN1CC(C)(C)NCC1C1CC1. The Kier molecular flexibility index (Phi) is 3.64. The van der Waals surface area contributed by atoms with Crippen LogP contribution in [0.2, 0.25) is 0 Å². The van der Waals surface area contributed by atoms with Gasteiger partial charge in [0, 0.05) is 31.2 Å². The molecule has 1 saturated carbocycles. The van der Waals surface area contributed by atoms with Gasteiger partial charge in [-0.05, 0) is 63.1 Å². The molecule has 110 valence electrons. The number of nitrogens with one attached hydrogen (secondary N) is 1. The molecule has 1 aliphatic carbocycles. The number of piperazine rings is 1. The minimum atomic E-state index is 0.238. The molecular weight excluding hydrogens is 244 g/mol. The molecule has 2 aliphatic rings. The van der Waals surface area contributed by atoms with E-state index in [2.05, 4.69) is 56.1 Å². The lowest BCUT2D eigenvalue weighted by molar-refractivity contribution is 0.0756. The highest BCUT2D eigenvalue weighted by Gasteiger charge is 2.40. The van der Waals surface area contributed by atoms with E-state index in [4.69, 9.17) is 0 Å². The maximum Gasteiger partial charge on any atom is 0.0253 e. The fourth-order valence-electron chi connectivity index (χ4n) is 3.61. The Bertz CT molecular complexity index is 468. The second-order valence-corrected chi connectivity index (χ2v) is 7.44. The summed E-state index contributed by atoms with van der Waals surface area (Å²) in [5.74, 6) is 0.933. The summed E-state index contributed by atoms with van der Waals surface area (Å²) in [7, 11) is 0. The molecule has 0 spiro atoms. The Balaban J connectivity index is 1.82. The monoisotopic (exact) mass is 272 g/mol. The topological polar surface area (TPSA) is 15.3 Å². The summed E-state index contributed by atoms with van der Waals surface area (Å²) in [6.45, 7) is 12.6. The fourth-order valence-corrected chi connectivity index (χ4v) is 3.61. The molecule has 1 aromatic carbocycles. The Morgan fingerprint density at radius 1 is 1.20 bits per heavy atom. The number of nitrogens with zero attached hydrogens (tertiary/aromatic N) is 1.